The highest BCUT2D eigenvalue weighted by Gasteiger charge is 2.17. The van der Waals surface area contributed by atoms with E-state index in [1.807, 2.05) is 29.4 Å². The summed E-state index contributed by atoms with van der Waals surface area (Å²) >= 11 is 1.89. The minimum absolute atomic E-state index is 0.127. The van der Waals surface area contributed by atoms with Crippen LogP contribution in [0.15, 0.2) is 30.7 Å². The number of hydrogen-bond acceptors (Lipinski definition) is 5. The molecule has 1 fully saturated rings. The van der Waals surface area contributed by atoms with Gasteiger partial charge in [-0.3, -0.25) is 4.79 Å². The summed E-state index contributed by atoms with van der Waals surface area (Å²) in [4.78, 5) is 20.5. The van der Waals surface area contributed by atoms with Crippen LogP contribution in [0.1, 0.15) is 22.6 Å². The Labute approximate surface area is 139 Å². The number of carbonyl (C=O) groups is 1. The van der Waals surface area contributed by atoms with Gasteiger partial charge in [-0.2, -0.15) is 11.8 Å². The Hall–Kier alpha value is -2.02. The van der Waals surface area contributed by atoms with E-state index in [2.05, 4.69) is 15.3 Å². The molecule has 3 rings (SSSR count). The van der Waals surface area contributed by atoms with Crippen molar-refractivity contribution in [2.75, 3.05) is 18.1 Å². The zero-order valence-electron chi connectivity index (χ0n) is 13.1. The number of hydrogen-bond donors (Lipinski definition) is 1. The Morgan fingerprint density at radius 3 is 3.04 bits per heavy atom. The molecule has 122 valence electrons. The molecule has 2 aromatic heterocycles. The lowest BCUT2D eigenvalue weighted by atomic mass is 10.2. The molecule has 1 atom stereocenters. The average molecular weight is 332 g/mol. The third-order valence-electron chi connectivity index (χ3n) is 3.74. The van der Waals surface area contributed by atoms with E-state index < -0.39 is 0 Å². The van der Waals surface area contributed by atoms with Crippen LogP contribution in [0.3, 0.4) is 0 Å². The lowest BCUT2D eigenvalue weighted by Gasteiger charge is -2.11. The monoisotopic (exact) mass is 332 g/mol. The highest BCUT2D eigenvalue weighted by atomic mass is 32.2. The second kappa shape index (κ2) is 7.50. The number of nitrogens with one attached hydrogen (secondary N) is 1. The van der Waals surface area contributed by atoms with Gasteiger partial charge >= 0.3 is 0 Å². The van der Waals surface area contributed by atoms with E-state index in [9.17, 15) is 4.79 Å². The minimum Gasteiger partial charge on any atom is -0.473 e. The molecule has 0 aromatic carbocycles. The van der Waals surface area contributed by atoms with E-state index in [4.69, 9.17) is 4.74 Å². The quantitative estimate of drug-likeness (QED) is 0.875. The van der Waals surface area contributed by atoms with Crippen molar-refractivity contribution in [1.82, 2.24) is 19.9 Å². The van der Waals surface area contributed by atoms with Gasteiger partial charge in [0.1, 0.15) is 11.9 Å². The third-order valence-corrected chi connectivity index (χ3v) is 4.87. The lowest BCUT2D eigenvalue weighted by molar-refractivity contribution is 0.0951. The maximum absolute atomic E-state index is 12.1. The van der Waals surface area contributed by atoms with E-state index >= 15 is 0 Å². The van der Waals surface area contributed by atoms with E-state index in [1.54, 1.807) is 24.5 Å². The van der Waals surface area contributed by atoms with Crippen molar-refractivity contribution in [1.29, 1.82) is 0 Å². The van der Waals surface area contributed by atoms with Crippen molar-refractivity contribution in [2.45, 2.75) is 26.0 Å². The van der Waals surface area contributed by atoms with Crippen molar-refractivity contribution in [3.63, 3.8) is 0 Å². The molecule has 0 aliphatic carbocycles. The van der Waals surface area contributed by atoms with Gasteiger partial charge in [0.25, 0.3) is 5.91 Å². The van der Waals surface area contributed by atoms with Gasteiger partial charge in [0.15, 0.2) is 0 Å². The number of nitrogens with zero attached hydrogens (tertiary/aromatic N) is 3. The summed E-state index contributed by atoms with van der Waals surface area (Å²) in [5.74, 6) is 3.55. The molecule has 1 aliphatic rings. The number of aryl methyl sites for hydroxylation is 1. The Bertz CT molecular complexity index is 650. The zero-order valence-corrected chi connectivity index (χ0v) is 13.9. The molecule has 1 aliphatic heterocycles. The van der Waals surface area contributed by atoms with Crippen LogP contribution < -0.4 is 10.1 Å². The summed E-state index contributed by atoms with van der Waals surface area (Å²) in [6, 6.07) is 3.51. The molecule has 3 heterocycles. The Morgan fingerprint density at radius 2 is 2.39 bits per heavy atom. The number of carbonyl (C=O) groups excluding carboxylic acids is 1. The van der Waals surface area contributed by atoms with Crippen LogP contribution in [0.5, 0.6) is 5.88 Å². The molecule has 6 nitrogen and oxygen atoms in total. The van der Waals surface area contributed by atoms with Crippen molar-refractivity contribution in [3.8, 4) is 5.88 Å². The SMILES string of the molecule is Cc1nccn1CCNC(=O)c1ccc(OC2CCSC2)nc1. The fourth-order valence-corrected chi connectivity index (χ4v) is 3.49. The van der Waals surface area contributed by atoms with Crippen LogP contribution in [0.4, 0.5) is 0 Å². The number of aromatic nitrogens is 3. The largest absolute Gasteiger partial charge is 0.473 e. The molecule has 23 heavy (non-hydrogen) atoms. The molecule has 1 saturated heterocycles. The average Bonchev–Trinajstić information content (AvgIpc) is 3.20. The van der Waals surface area contributed by atoms with Gasteiger partial charge in [0, 0.05) is 43.5 Å². The smallest absolute Gasteiger partial charge is 0.252 e. The van der Waals surface area contributed by atoms with Crippen molar-refractivity contribution >= 4 is 17.7 Å². The predicted molar refractivity (Wildman–Crippen MR) is 89.9 cm³/mol. The summed E-state index contributed by atoms with van der Waals surface area (Å²) in [5, 5.41) is 2.89. The highest BCUT2D eigenvalue weighted by Crippen LogP contribution is 2.21. The molecular formula is C16H20N4O2S. The topological polar surface area (TPSA) is 69.0 Å². The summed E-state index contributed by atoms with van der Waals surface area (Å²) in [6.45, 7) is 3.19. The maximum Gasteiger partial charge on any atom is 0.252 e. The molecule has 0 bridgehead atoms. The van der Waals surface area contributed by atoms with Crippen LogP contribution >= 0.6 is 11.8 Å². The highest BCUT2D eigenvalue weighted by molar-refractivity contribution is 7.99. The minimum atomic E-state index is -0.127. The van der Waals surface area contributed by atoms with Gasteiger partial charge in [0.05, 0.1) is 5.56 Å². The first kappa shape index (κ1) is 15.9. The van der Waals surface area contributed by atoms with Crippen LogP contribution in [-0.2, 0) is 6.54 Å². The number of amides is 1. The molecule has 0 radical (unpaired) electrons. The van der Waals surface area contributed by atoms with E-state index in [0.717, 1.165) is 23.8 Å². The van der Waals surface area contributed by atoms with Gasteiger partial charge in [0.2, 0.25) is 5.88 Å². The summed E-state index contributed by atoms with van der Waals surface area (Å²) in [6.07, 6.45) is 6.52. The molecule has 2 aromatic rings. The fourth-order valence-electron chi connectivity index (χ4n) is 2.39. The van der Waals surface area contributed by atoms with E-state index in [-0.39, 0.29) is 12.0 Å². The maximum atomic E-state index is 12.1. The standard InChI is InChI=1S/C16H20N4O2S/c1-12-17-5-7-20(12)8-6-18-16(21)13-2-3-15(19-10-13)22-14-4-9-23-11-14/h2-3,5,7,10,14H,4,6,8-9,11H2,1H3,(H,18,21). The van der Waals surface area contributed by atoms with Gasteiger partial charge in [-0.1, -0.05) is 0 Å². The number of ether oxygens (including phenoxy) is 1. The van der Waals surface area contributed by atoms with Crippen LogP contribution in [-0.4, -0.2) is 44.6 Å². The molecule has 7 heteroatoms. The van der Waals surface area contributed by atoms with Crippen LogP contribution in [0, 0.1) is 6.92 Å². The van der Waals surface area contributed by atoms with Crippen molar-refractivity contribution < 1.29 is 9.53 Å². The number of rotatable bonds is 6. The number of thioether (sulfide) groups is 1. The summed E-state index contributed by atoms with van der Waals surface area (Å²) in [7, 11) is 0. The Balaban J connectivity index is 1.48. The zero-order chi connectivity index (χ0) is 16.1. The first-order chi connectivity index (χ1) is 11.2. The van der Waals surface area contributed by atoms with Gasteiger partial charge in [-0.25, -0.2) is 9.97 Å². The van der Waals surface area contributed by atoms with Gasteiger partial charge < -0.3 is 14.6 Å². The molecule has 1 amide bonds. The second-order valence-electron chi connectivity index (χ2n) is 5.41. The fraction of sp³-hybridized carbons (Fsp3) is 0.438. The van der Waals surface area contributed by atoms with Crippen molar-refractivity contribution in [2.24, 2.45) is 0 Å². The Morgan fingerprint density at radius 1 is 1.48 bits per heavy atom. The third kappa shape index (κ3) is 4.25. The van der Waals surface area contributed by atoms with Crippen molar-refractivity contribution in [3.05, 3.63) is 42.1 Å². The predicted octanol–water partition coefficient (Wildman–Crippen LogP) is 1.90. The number of imidazole rings is 1. The Kier molecular flexibility index (Phi) is 5.17. The van der Waals surface area contributed by atoms with E-state index in [1.165, 1.54) is 0 Å². The summed E-state index contributed by atoms with van der Waals surface area (Å²) in [5.41, 5.74) is 0.542. The molecular weight excluding hydrogens is 312 g/mol. The lowest BCUT2D eigenvalue weighted by Crippen LogP contribution is -2.27. The van der Waals surface area contributed by atoms with Gasteiger partial charge in [-0.05, 0) is 25.2 Å². The normalized spacial score (nSPS) is 17.2. The van der Waals surface area contributed by atoms with Crippen LogP contribution in [0.2, 0.25) is 0 Å². The molecule has 1 N–H and O–H groups in total. The van der Waals surface area contributed by atoms with E-state index in [0.29, 0.717) is 24.5 Å². The summed E-state index contributed by atoms with van der Waals surface area (Å²) < 4.78 is 7.77. The van der Waals surface area contributed by atoms with Gasteiger partial charge in [-0.15, -0.1) is 0 Å². The van der Waals surface area contributed by atoms with Crippen LogP contribution in [0.25, 0.3) is 0 Å². The first-order valence-corrected chi connectivity index (χ1v) is 8.84. The molecule has 0 saturated carbocycles. The molecule has 1 unspecified atom stereocenters. The number of pyridine rings is 1. The second-order valence-corrected chi connectivity index (χ2v) is 6.56. The first-order valence-electron chi connectivity index (χ1n) is 7.69. The molecule has 0 spiro atoms.